The zero-order valence-corrected chi connectivity index (χ0v) is 11.7. The van der Waals surface area contributed by atoms with Gasteiger partial charge in [0.25, 0.3) is 0 Å². The Balaban J connectivity index is 0.000000205. The van der Waals surface area contributed by atoms with Gasteiger partial charge in [-0.25, -0.2) is 4.79 Å². The molecule has 1 fully saturated rings. The van der Waals surface area contributed by atoms with Crippen LogP contribution >= 0.6 is 23.5 Å². The molecule has 0 aliphatic carbocycles. The van der Waals surface area contributed by atoms with Crippen LogP contribution in [0.2, 0.25) is 0 Å². The Kier molecular flexibility index (Phi) is 6.78. The van der Waals surface area contributed by atoms with E-state index in [-0.39, 0.29) is 22.1 Å². The van der Waals surface area contributed by atoms with Crippen molar-refractivity contribution in [3.05, 3.63) is 46.8 Å². The van der Waals surface area contributed by atoms with Crippen LogP contribution < -0.4 is 5.63 Å². The summed E-state index contributed by atoms with van der Waals surface area (Å²) in [4.78, 5) is 10.7. The third kappa shape index (κ3) is 4.78. The first kappa shape index (κ1) is 14.7. The molecule has 0 amide bonds. The molecule has 2 aromatic rings. The topological polar surface area (TPSA) is 30.2 Å². The van der Waals surface area contributed by atoms with Gasteiger partial charge in [-0.15, -0.1) is 0 Å². The summed E-state index contributed by atoms with van der Waals surface area (Å²) in [7, 11) is 0. The first-order chi connectivity index (χ1) is 7.86. The molecule has 0 atom stereocenters. The Morgan fingerprint density at radius 3 is 2.35 bits per heavy atom. The van der Waals surface area contributed by atoms with Crippen LogP contribution in [-0.2, 0) is 16.5 Å². The number of para-hydroxylation sites is 1. The third-order valence-corrected chi connectivity index (χ3v) is 4.64. The molecule has 0 unspecified atom stereocenters. The SMILES string of the molecule is C1CSCS1.O=c1ccc2ccccc2o1.[Ni]. The summed E-state index contributed by atoms with van der Waals surface area (Å²) in [6.45, 7) is 0. The van der Waals surface area contributed by atoms with Gasteiger partial charge in [-0.2, -0.15) is 23.5 Å². The standard InChI is InChI=1S/C9H6O2.C3H6S2.Ni/c10-9-6-5-7-3-1-2-4-8(7)11-9;1-2-5-3-4-1;/h1-6H;1-3H2;. The average molecular weight is 311 g/mol. The molecule has 2 heterocycles. The predicted octanol–water partition coefficient (Wildman–Crippen LogP) is 3.21. The molecule has 1 aliphatic heterocycles. The summed E-state index contributed by atoms with van der Waals surface area (Å²) in [5.41, 5.74) is 0.337. The van der Waals surface area contributed by atoms with Gasteiger partial charge in [0.2, 0.25) is 0 Å². The van der Waals surface area contributed by atoms with Gasteiger partial charge in [0.15, 0.2) is 0 Å². The molecule has 1 aliphatic rings. The smallest absolute Gasteiger partial charge is 0.336 e. The molecule has 0 saturated carbocycles. The van der Waals surface area contributed by atoms with E-state index in [1.165, 1.54) is 22.7 Å². The fourth-order valence-corrected chi connectivity index (χ4v) is 3.66. The fourth-order valence-electron chi connectivity index (χ4n) is 1.31. The largest absolute Gasteiger partial charge is 0.423 e. The molecule has 5 heteroatoms. The van der Waals surface area contributed by atoms with Crippen molar-refractivity contribution in [2.24, 2.45) is 0 Å². The number of rotatable bonds is 0. The van der Waals surface area contributed by atoms with Crippen LogP contribution in [0.25, 0.3) is 11.0 Å². The van der Waals surface area contributed by atoms with Crippen molar-refractivity contribution in [3.8, 4) is 0 Å². The Morgan fingerprint density at radius 2 is 1.71 bits per heavy atom. The van der Waals surface area contributed by atoms with Gasteiger partial charge < -0.3 is 4.42 Å². The van der Waals surface area contributed by atoms with Gasteiger partial charge in [0.1, 0.15) is 5.58 Å². The molecule has 2 nitrogen and oxygen atoms in total. The van der Waals surface area contributed by atoms with Gasteiger partial charge >= 0.3 is 5.63 Å². The molecular formula is C12H12NiO2S2. The normalized spacial score (nSPS) is 13.6. The van der Waals surface area contributed by atoms with Crippen molar-refractivity contribution in [1.29, 1.82) is 0 Å². The number of hydrogen-bond acceptors (Lipinski definition) is 4. The first-order valence-electron chi connectivity index (χ1n) is 5.01. The van der Waals surface area contributed by atoms with Gasteiger partial charge in [0.05, 0.1) is 0 Å². The Bertz CT molecular complexity index is 501. The van der Waals surface area contributed by atoms with E-state index >= 15 is 0 Å². The molecule has 1 saturated heterocycles. The molecule has 3 rings (SSSR count). The zero-order chi connectivity index (χ0) is 11.2. The molecular weight excluding hydrogens is 299 g/mol. The van der Waals surface area contributed by atoms with Crippen LogP contribution in [0, 0.1) is 0 Å². The number of benzene rings is 1. The van der Waals surface area contributed by atoms with Crippen LogP contribution in [0.15, 0.2) is 45.6 Å². The van der Waals surface area contributed by atoms with E-state index in [0.717, 1.165) is 5.39 Å². The van der Waals surface area contributed by atoms with E-state index in [1.54, 1.807) is 12.1 Å². The molecule has 17 heavy (non-hydrogen) atoms. The van der Waals surface area contributed by atoms with Crippen LogP contribution in [0.4, 0.5) is 0 Å². The van der Waals surface area contributed by atoms with Crippen molar-refractivity contribution in [1.82, 2.24) is 0 Å². The second-order valence-corrected chi connectivity index (χ2v) is 5.80. The molecule has 1 aromatic carbocycles. The second-order valence-electron chi connectivity index (χ2n) is 3.23. The van der Waals surface area contributed by atoms with Crippen molar-refractivity contribution < 1.29 is 20.9 Å². The molecule has 94 valence electrons. The quantitative estimate of drug-likeness (QED) is 0.552. The minimum absolute atomic E-state index is 0. The molecule has 0 radical (unpaired) electrons. The van der Waals surface area contributed by atoms with Gasteiger partial charge in [-0.05, 0) is 12.1 Å². The van der Waals surface area contributed by atoms with Gasteiger partial charge in [-0.1, -0.05) is 18.2 Å². The number of fused-ring (bicyclic) bond motifs is 1. The van der Waals surface area contributed by atoms with Gasteiger partial charge in [0, 0.05) is 44.5 Å². The molecule has 0 bridgehead atoms. The van der Waals surface area contributed by atoms with Crippen molar-refractivity contribution in [2.45, 2.75) is 0 Å². The minimum atomic E-state index is -0.302. The molecule has 0 spiro atoms. The summed E-state index contributed by atoms with van der Waals surface area (Å²) in [6.07, 6.45) is 0. The second kappa shape index (κ2) is 7.86. The van der Waals surface area contributed by atoms with E-state index < -0.39 is 0 Å². The van der Waals surface area contributed by atoms with E-state index in [9.17, 15) is 4.79 Å². The Labute approximate surface area is 118 Å². The molecule has 1 aromatic heterocycles. The summed E-state index contributed by atoms with van der Waals surface area (Å²) < 4.78 is 4.91. The maximum atomic E-state index is 10.7. The monoisotopic (exact) mass is 310 g/mol. The van der Waals surface area contributed by atoms with Crippen LogP contribution in [0.1, 0.15) is 0 Å². The average Bonchev–Trinajstić information content (AvgIpc) is 2.87. The zero-order valence-electron chi connectivity index (χ0n) is 9.03. The van der Waals surface area contributed by atoms with Crippen LogP contribution in [0.3, 0.4) is 0 Å². The minimum Gasteiger partial charge on any atom is -0.423 e. The Morgan fingerprint density at radius 1 is 1.00 bits per heavy atom. The maximum Gasteiger partial charge on any atom is 0.336 e. The predicted molar refractivity (Wildman–Crippen MR) is 72.3 cm³/mol. The number of hydrogen-bond donors (Lipinski definition) is 0. The molecule has 0 N–H and O–H groups in total. The summed E-state index contributed by atoms with van der Waals surface area (Å²) >= 11 is 4.07. The number of thioether (sulfide) groups is 2. The van der Waals surface area contributed by atoms with Crippen molar-refractivity contribution in [2.75, 3.05) is 16.6 Å². The maximum absolute atomic E-state index is 10.7. The van der Waals surface area contributed by atoms with E-state index in [0.29, 0.717) is 5.58 Å². The van der Waals surface area contributed by atoms with Crippen LogP contribution in [0.5, 0.6) is 0 Å². The van der Waals surface area contributed by atoms with E-state index in [4.69, 9.17) is 4.42 Å². The summed E-state index contributed by atoms with van der Waals surface area (Å²) in [5.74, 6) is 2.76. The van der Waals surface area contributed by atoms with Crippen LogP contribution in [-0.4, -0.2) is 16.6 Å². The fraction of sp³-hybridized carbons (Fsp3) is 0.250. The van der Waals surface area contributed by atoms with Crippen molar-refractivity contribution in [3.63, 3.8) is 0 Å². The first-order valence-corrected chi connectivity index (χ1v) is 7.31. The van der Waals surface area contributed by atoms with Gasteiger partial charge in [-0.3, -0.25) is 0 Å². The van der Waals surface area contributed by atoms with E-state index in [2.05, 4.69) is 0 Å². The summed E-state index contributed by atoms with van der Waals surface area (Å²) in [6, 6.07) is 10.6. The van der Waals surface area contributed by atoms with E-state index in [1.807, 2.05) is 41.7 Å². The third-order valence-electron chi connectivity index (χ3n) is 2.07. The Hall–Kier alpha value is -0.376. The summed E-state index contributed by atoms with van der Waals surface area (Å²) in [5, 5.41) is 2.28. The van der Waals surface area contributed by atoms with Crippen molar-refractivity contribution >= 4 is 34.5 Å².